The summed E-state index contributed by atoms with van der Waals surface area (Å²) >= 11 is 5.59. The minimum atomic E-state index is 0.0164. The Bertz CT molecular complexity index is 336. The summed E-state index contributed by atoms with van der Waals surface area (Å²) in [5, 5.41) is 0. The molecule has 0 fully saturated rings. The molecule has 1 amide bonds. The van der Waals surface area contributed by atoms with Gasteiger partial charge in [0, 0.05) is 19.5 Å². The predicted molar refractivity (Wildman–Crippen MR) is 65.0 cm³/mol. The molecule has 1 heterocycles. The number of furan rings is 1. The van der Waals surface area contributed by atoms with Crippen molar-refractivity contribution < 1.29 is 9.21 Å². The molecule has 0 radical (unpaired) electrons. The second-order valence-corrected chi connectivity index (χ2v) is 4.30. The summed E-state index contributed by atoms with van der Waals surface area (Å²) in [6.45, 7) is 2.59. The normalized spacial score (nSPS) is 10.4. The van der Waals surface area contributed by atoms with E-state index in [0.717, 1.165) is 31.6 Å². The van der Waals surface area contributed by atoms with Crippen molar-refractivity contribution in [1.82, 2.24) is 4.90 Å². The van der Waals surface area contributed by atoms with E-state index in [-0.39, 0.29) is 5.91 Å². The first-order valence-corrected chi connectivity index (χ1v) is 6.05. The van der Waals surface area contributed by atoms with Crippen LogP contribution in [0.25, 0.3) is 0 Å². The maximum Gasteiger partial charge on any atom is 0.256 e. The summed E-state index contributed by atoms with van der Waals surface area (Å²) < 4.78 is 5.11. The van der Waals surface area contributed by atoms with Gasteiger partial charge in [0.2, 0.25) is 0 Å². The Morgan fingerprint density at radius 2 is 2.19 bits per heavy atom. The van der Waals surface area contributed by atoms with Crippen LogP contribution in [-0.4, -0.2) is 30.3 Å². The van der Waals surface area contributed by atoms with Crippen LogP contribution in [0, 0.1) is 6.92 Å². The van der Waals surface area contributed by atoms with Gasteiger partial charge < -0.3 is 9.32 Å². The highest BCUT2D eigenvalue weighted by Crippen LogP contribution is 2.09. The van der Waals surface area contributed by atoms with Crippen LogP contribution in [0.2, 0.25) is 0 Å². The topological polar surface area (TPSA) is 33.5 Å². The Balaban J connectivity index is 2.36. The minimum Gasteiger partial charge on any atom is -0.469 e. The van der Waals surface area contributed by atoms with Crippen molar-refractivity contribution in [3.63, 3.8) is 0 Å². The molecule has 0 N–H and O–H groups in total. The average Bonchev–Trinajstić information content (AvgIpc) is 2.70. The Hall–Kier alpha value is -0.960. The lowest BCUT2D eigenvalue weighted by atomic mass is 10.2. The highest BCUT2D eigenvalue weighted by molar-refractivity contribution is 6.17. The van der Waals surface area contributed by atoms with E-state index in [0.29, 0.717) is 11.4 Å². The number of unbranched alkanes of at least 4 members (excludes halogenated alkanes) is 2. The second kappa shape index (κ2) is 6.59. The fourth-order valence-electron chi connectivity index (χ4n) is 1.50. The maximum atomic E-state index is 11.9. The molecular weight excluding hydrogens is 226 g/mol. The third-order valence-corrected chi connectivity index (χ3v) is 2.72. The van der Waals surface area contributed by atoms with Gasteiger partial charge in [0.25, 0.3) is 5.91 Å². The number of carbonyl (C=O) groups is 1. The van der Waals surface area contributed by atoms with Gasteiger partial charge in [0.05, 0.1) is 5.56 Å². The van der Waals surface area contributed by atoms with E-state index in [1.54, 1.807) is 11.0 Å². The zero-order valence-electron chi connectivity index (χ0n) is 9.83. The van der Waals surface area contributed by atoms with Crippen molar-refractivity contribution >= 4 is 17.5 Å². The molecule has 4 heteroatoms. The van der Waals surface area contributed by atoms with Crippen molar-refractivity contribution in [2.45, 2.75) is 26.2 Å². The number of nitrogens with zero attached hydrogens (tertiary/aromatic N) is 1. The molecule has 90 valence electrons. The van der Waals surface area contributed by atoms with Gasteiger partial charge in [0.1, 0.15) is 12.0 Å². The fraction of sp³-hybridized carbons (Fsp3) is 0.583. The van der Waals surface area contributed by atoms with E-state index in [2.05, 4.69) is 0 Å². The van der Waals surface area contributed by atoms with Crippen LogP contribution in [0.5, 0.6) is 0 Å². The van der Waals surface area contributed by atoms with E-state index in [1.165, 1.54) is 6.26 Å². The molecule has 3 nitrogen and oxygen atoms in total. The summed E-state index contributed by atoms with van der Waals surface area (Å²) in [6.07, 6.45) is 4.57. The summed E-state index contributed by atoms with van der Waals surface area (Å²) in [6, 6.07) is 1.76. The largest absolute Gasteiger partial charge is 0.469 e. The van der Waals surface area contributed by atoms with Gasteiger partial charge in [-0.3, -0.25) is 4.79 Å². The van der Waals surface area contributed by atoms with Gasteiger partial charge in [-0.05, 0) is 25.8 Å². The summed E-state index contributed by atoms with van der Waals surface area (Å²) in [5.41, 5.74) is 0.623. The first-order valence-electron chi connectivity index (χ1n) is 5.51. The third kappa shape index (κ3) is 3.89. The highest BCUT2D eigenvalue weighted by atomic mass is 35.5. The zero-order valence-corrected chi connectivity index (χ0v) is 10.6. The van der Waals surface area contributed by atoms with Crippen LogP contribution in [0.15, 0.2) is 16.7 Å². The lowest BCUT2D eigenvalue weighted by Crippen LogP contribution is -2.27. The van der Waals surface area contributed by atoms with E-state index < -0.39 is 0 Å². The van der Waals surface area contributed by atoms with Gasteiger partial charge in [-0.15, -0.1) is 11.6 Å². The fourth-order valence-corrected chi connectivity index (χ4v) is 1.69. The molecule has 0 saturated carbocycles. The van der Waals surface area contributed by atoms with Gasteiger partial charge in [0.15, 0.2) is 0 Å². The number of carbonyl (C=O) groups excluding carboxylic acids is 1. The molecule has 1 rings (SSSR count). The van der Waals surface area contributed by atoms with Gasteiger partial charge in [-0.1, -0.05) is 6.42 Å². The monoisotopic (exact) mass is 243 g/mol. The molecule has 0 spiro atoms. The quantitative estimate of drug-likeness (QED) is 0.568. The minimum absolute atomic E-state index is 0.0164. The molecule has 0 bridgehead atoms. The second-order valence-electron chi connectivity index (χ2n) is 3.92. The molecule has 0 aliphatic heterocycles. The maximum absolute atomic E-state index is 11.9. The number of alkyl halides is 1. The summed E-state index contributed by atoms with van der Waals surface area (Å²) in [7, 11) is 1.81. The van der Waals surface area contributed by atoms with Crippen LogP contribution in [0.3, 0.4) is 0 Å². The molecule has 0 atom stereocenters. The first-order chi connectivity index (χ1) is 7.65. The Kier molecular flexibility index (Phi) is 5.39. The van der Waals surface area contributed by atoms with Crippen LogP contribution in [0.4, 0.5) is 0 Å². The van der Waals surface area contributed by atoms with E-state index in [1.807, 2.05) is 14.0 Å². The Morgan fingerprint density at radius 3 is 2.75 bits per heavy atom. The predicted octanol–water partition coefficient (Wildman–Crippen LogP) is 3.07. The molecule has 0 aliphatic rings. The highest BCUT2D eigenvalue weighted by Gasteiger charge is 2.13. The first kappa shape index (κ1) is 13.1. The van der Waals surface area contributed by atoms with Crippen LogP contribution in [0.1, 0.15) is 35.4 Å². The third-order valence-electron chi connectivity index (χ3n) is 2.45. The van der Waals surface area contributed by atoms with Gasteiger partial charge in [-0.25, -0.2) is 0 Å². The molecule has 0 unspecified atom stereocenters. The van der Waals surface area contributed by atoms with Crippen LogP contribution >= 0.6 is 11.6 Å². The Labute approximate surface area is 101 Å². The number of halogens is 1. The van der Waals surface area contributed by atoms with E-state index >= 15 is 0 Å². The summed E-state index contributed by atoms with van der Waals surface area (Å²) in [4.78, 5) is 13.6. The molecule has 0 aliphatic carbocycles. The number of hydrogen-bond donors (Lipinski definition) is 0. The van der Waals surface area contributed by atoms with Crippen LogP contribution < -0.4 is 0 Å². The van der Waals surface area contributed by atoms with Crippen molar-refractivity contribution in [2.24, 2.45) is 0 Å². The van der Waals surface area contributed by atoms with Crippen molar-refractivity contribution in [2.75, 3.05) is 19.5 Å². The number of rotatable bonds is 6. The number of aryl methyl sites for hydroxylation is 1. The number of hydrogen-bond acceptors (Lipinski definition) is 2. The SMILES string of the molecule is Cc1cc(C(=O)N(C)CCCCCCl)co1. The van der Waals surface area contributed by atoms with Gasteiger partial charge in [-0.2, -0.15) is 0 Å². The standard InChI is InChI=1S/C12H18ClNO2/c1-10-8-11(9-16-10)12(15)14(2)7-5-3-4-6-13/h8-9H,3-7H2,1-2H3. The van der Waals surface area contributed by atoms with Crippen molar-refractivity contribution in [3.05, 3.63) is 23.7 Å². The molecule has 1 aromatic rings. The summed E-state index contributed by atoms with van der Waals surface area (Å²) in [5.74, 6) is 1.47. The molecule has 0 saturated heterocycles. The molecular formula is C12H18ClNO2. The lowest BCUT2D eigenvalue weighted by molar-refractivity contribution is 0.0792. The van der Waals surface area contributed by atoms with Crippen molar-refractivity contribution in [1.29, 1.82) is 0 Å². The molecule has 1 aromatic heterocycles. The van der Waals surface area contributed by atoms with E-state index in [9.17, 15) is 4.79 Å². The molecule has 0 aromatic carbocycles. The van der Waals surface area contributed by atoms with Gasteiger partial charge >= 0.3 is 0 Å². The Morgan fingerprint density at radius 1 is 1.44 bits per heavy atom. The smallest absolute Gasteiger partial charge is 0.256 e. The van der Waals surface area contributed by atoms with E-state index in [4.69, 9.17) is 16.0 Å². The number of amides is 1. The molecule has 16 heavy (non-hydrogen) atoms. The van der Waals surface area contributed by atoms with Crippen LogP contribution in [-0.2, 0) is 0 Å². The zero-order chi connectivity index (χ0) is 12.0. The lowest BCUT2D eigenvalue weighted by Gasteiger charge is -2.15. The van der Waals surface area contributed by atoms with Crippen molar-refractivity contribution in [3.8, 4) is 0 Å². The average molecular weight is 244 g/mol.